The van der Waals surface area contributed by atoms with Crippen LogP contribution in [-0.4, -0.2) is 38.1 Å². The van der Waals surface area contributed by atoms with E-state index >= 15 is 0 Å². The molecule has 168 valence electrons. The Hall–Kier alpha value is -3.14. The van der Waals surface area contributed by atoms with E-state index in [4.69, 9.17) is 11.6 Å². The van der Waals surface area contributed by atoms with Gasteiger partial charge in [0.15, 0.2) is 5.82 Å². The molecule has 3 aromatic rings. The molecule has 0 aliphatic carbocycles. The number of carbonyl (C=O) groups is 1. The van der Waals surface area contributed by atoms with Crippen LogP contribution in [0.15, 0.2) is 36.9 Å². The first kappa shape index (κ1) is 22.1. The third-order valence-corrected chi connectivity index (χ3v) is 5.69. The van der Waals surface area contributed by atoms with Crippen LogP contribution in [0.1, 0.15) is 37.2 Å². The fourth-order valence-electron chi connectivity index (χ4n) is 3.71. The lowest BCUT2D eigenvalue weighted by molar-refractivity contribution is -0.121. The van der Waals surface area contributed by atoms with Crippen molar-refractivity contribution >= 4 is 23.5 Å². The number of anilines is 1. The molecule has 1 amide bonds. The van der Waals surface area contributed by atoms with Crippen LogP contribution in [0.5, 0.6) is 0 Å². The zero-order valence-electron chi connectivity index (χ0n) is 17.2. The van der Waals surface area contributed by atoms with Gasteiger partial charge in [0.2, 0.25) is 11.9 Å². The Balaban J connectivity index is 1.56. The maximum absolute atomic E-state index is 14.4. The highest BCUT2D eigenvalue weighted by atomic mass is 35.5. The molecule has 11 heteroatoms. The summed E-state index contributed by atoms with van der Waals surface area (Å²) in [6.45, 7) is 3.21. The Morgan fingerprint density at radius 2 is 2.03 bits per heavy atom. The van der Waals surface area contributed by atoms with Gasteiger partial charge in [-0.2, -0.15) is 0 Å². The van der Waals surface area contributed by atoms with Gasteiger partial charge in [0.1, 0.15) is 12.0 Å². The molecule has 3 heterocycles. The van der Waals surface area contributed by atoms with Gasteiger partial charge in [0.25, 0.3) is 0 Å². The molecule has 4 rings (SSSR count). The van der Waals surface area contributed by atoms with E-state index in [0.29, 0.717) is 5.69 Å². The van der Waals surface area contributed by atoms with Crippen LogP contribution in [0, 0.1) is 17.6 Å². The molecular formula is C21H20ClF3N6O. The second-order valence-corrected chi connectivity index (χ2v) is 8.10. The van der Waals surface area contributed by atoms with Gasteiger partial charge in [0, 0.05) is 23.7 Å². The highest BCUT2D eigenvalue weighted by Gasteiger charge is 2.42. The van der Waals surface area contributed by atoms with Crippen molar-refractivity contribution < 1.29 is 18.0 Å². The number of imidazole rings is 1. The fourth-order valence-corrected chi connectivity index (χ4v) is 3.87. The van der Waals surface area contributed by atoms with E-state index in [1.165, 1.54) is 30.0 Å². The predicted octanol–water partition coefficient (Wildman–Crippen LogP) is 3.95. The van der Waals surface area contributed by atoms with Crippen LogP contribution < -0.4 is 10.6 Å². The van der Waals surface area contributed by atoms with Crippen molar-refractivity contribution in [3.8, 4) is 5.69 Å². The Bertz CT molecular complexity index is 1150. The maximum atomic E-state index is 14.4. The molecule has 0 radical (unpaired) electrons. The summed E-state index contributed by atoms with van der Waals surface area (Å²) in [4.78, 5) is 24.6. The van der Waals surface area contributed by atoms with Crippen molar-refractivity contribution in [2.75, 3.05) is 11.9 Å². The summed E-state index contributed by atoms with van der Waals surface area (Å²) >= 11 is 5.80. The third-order valence-electron chi connectivity index (χ3n) is 5.46. The number of amides is 1. The van der Waals surface area contributed by atoms with E-state index in [1.807, 2.05) is 0 Å². The first-order valence-corrected chi connectivity index (χ1v) is 10.3. The van der Waals surface area contributed by atoms with E-state index in [2.05, 4.69) is 25.6 Å². The summed E-state index contributed by atoms with van der Waals surface area (Å²) in [5.41, 5.74) is 0.662. The van der Waals surface area contributed by atoms with Crippen molar-refractivity contribution in [1.29, 1.82) is 0 Å². The molecule has 1 aliphatic rings. The molecule has 32 heavy (non-hydrogen) atoms. The SMILES string of the molecule is C[C@H](Nc1ncc(F)c([C@@H]2C(=O)NCC2[C@H](C)F)n1)c1cn(-c2ccc(Cl)cc2F)cn1. The number of benzene rings is 1. The number of rotatable bonds is 6. The van der Waals surface area contributed by atoms with Gasteiger partial charge in [-0.05, 0) is 32.0 Å². The van der Waals surface area contributed by atoms with Gasteiger partial charge in [-0.3, -0.25) is 4.79 Å². The summed E-state index contributed by atoms with van der Waals surface area (Å²) in [6, 6.07) is 3.88. The van der Waals surface area contributed by atoms with Crippen molar-refractivity contribution in [2.45, 2.75) is 32.0 Å². The molecule has 0 spiro atoms. The standard InChI is InChI=1S/C21H20ClF3N6O/c1-10(23)13-6-26-20(32)18(13)19-15(25)7-27-21(30-19)29-11(2)16-8-31(9-28-16)17-4-3-12(22)5-14(17)24/h3-5,7-11,13,18H,6H2,1-2H3,(H,26,32)(H,27,29,30)/t10-,11-,13?,18+/m0/s1. The van der Waals surface area contributed by atoms with Crippen molar-refractivity contribution in [3.63, 3.8) is 0 Å². The minimum atomic E-state index is -1.32. The topological polar surface area (TPSA) is 84.7 Å². The summed E-state index contributed by atoms with van der Waals surface area (Å²) in [5.74, 6) is -3.45. The molecule has 2 aromatic heterocycles. The smallest absolute Gasteiger partial charge is 0.229 e. The van der Waals surface area contributed by atoms with Crippen LogP contribution in [0.4, 0.5) is 19.1 Å². The van der Waals surface area contributed by atoms with Gasteiger partial charge < -0.3 is 15.2 Å². The number of nitrogens with zero attached hydrogens (tertiary/aromatic N) is 4. The monoisotopic (exact) mass is 464 g/mol. The molecule has 1 fully saturated rings. The van der Waals surface area contributed by atoms with Crippen LogP contribution in [0.25, 0.3) is 5.69 Å². The molecule has 4 atom stereocenters. The largest absolute Gasteiger partial charge is 0.355 e. The molecule has 1 unspecified atom stereocenters. The van der Waals surface area contributed by atoms with Crippen molar-refractivity contribution in [2.24, 2.45) is 5.92 Å². The number of nitrogens with one attached hydrogen (secondary N) is 2. The number of carbonyl (C=O) groups excluding carboxylic acids is 1. The third kappa shape index (κ3) is 4.27. The summed E-state index contributed by atoms with van der Waals surface area (Å²) in [6.07, 6.45) is 2.71. The number of hydrogen-bond donors (Lipinski definition) is 2. The van der Waals surface area contributed by atoms with Gasteiger partial charge in [0.05, 0.1) is 41.6 Å². The van der Waals surface area contributed by atoms with Gasteiger partial charge in [-0.25, -0.2) is 28.1 Å². The minimum Gasteiger partial charge on any atom is -0.355 e. The second-order valence-electron chi connectivity index (χ2n) is 7.66. The van der Waals surface area contributed by atoms with E-state index < -0.39 is 41.6 Å². The summed E-state index contributed by atoms with van der Waals surface area (Å²) < 4.78 is 44.1. The highest BCUT2D eigenvalue weighted by Crippen LogP contribution is 2.33. The van der Waals surface area contributed by atoms with Gasteiger partial charge in [-0.1, -0.05) is 11.6 Å². The van der Waals surface area contributed by atoms with Crippen LogP contribution in [0.3, 0.4) is 0 Å². The lowest BCUT2D eigenvalue weighted by Crippen LogP contribution is -2.24. The van der Waals surface area contributed by atoms with Crippen LogP contribution >= 0.6 is 11.6 Å². The van der Waals surface area contributed by atoms with Crippen LogP contribution in [0.2, 0.25) is 5.02 Å². The first-order chi connectivity index (χ1) is 15.2. The minimum absolute atomic E-state index is 0.0612. The number of hydrogen-bond acceptors (Lipinski definition) is 5. The molecule has 0 saturated carbocycles. The quantitative estimate of drug-likeness (QED) is 0.577. The van der Waals surface area contributed by atoms with Gasteiger partial charge in [-0.15, -0.1) is 0 Å². The average Bonchev–Trinajstić information content (AvgIpc) is 3.37. The number of alkyl halides is 1. The number of halogens is 4. The Morgan fingerprint density at radius 3 is 2.75 bits per heavy atom. The Morgan fingerprint density at radius 1 is 1.25 bits per heavy atom. The van der Waals surface area contributed by atoms with E-state index in [1.54, 1.807) is 19.2 Å². The molecule has 0 bridgehead atoms. The van der Waals surface area contributed by atoms with E-state index in [-0.39, 0.29) is 28.9 Å². The van der Waals surface area contributed by atoms with E-state index in [9.17, 15) is 18.0 Å². The molecule has 1 aromatic carbocycles. The first-order valence-electron chi connectivity index (χ1n) is 9.94. The average molecular weight is 465 g/mol. The lowest BCUT2D eigenvalue weighted by atomic mass is 9.89. The zero-order valence-corrected chi connectivity index (χ0v) is 17.9. The predicted molar refractivity (Wildman–Crippen MR) is 112 cm³/mol. The molecule has 1 saturated heterocycles. The van der Waals surface area contributed by atoms with Crippen LogP contribution in [-0.2, 0) is 4.79 Å². The zero-order chi connectivity index (χ0) is 23.0. The summed E-state index contributed by atoms with van der Waals surface area (Å²) in [5, 5.41) is 5.84. The fraction of sp³-hybridized carbons (Fsp3) is 0.333. The molecule has 1 aliphatic heterocycles. The molecule has 2 N–H and O–H groups in total. The van der Waals surface area contributed by atoms with Crippen molar-refractivity contribution in [3.05, 3.63) is 65.0 Å². The summed E-state index contributed by atoms with van der Waals surface area (Å²) in [7, 11) is 0. The highest BCUT2D eigenvalue weighted by molar-refractivity contribution is 6.30. The van der Waals surface area contributed by atoms with E-state index in [0.717, 1.165) is 6.20 Å². The normalized spacial score (nSPS) is 20.1. The number of aromatic nitrogens is 4. The lowest BCUT2D eigenvalue weighted by Gasteiger charge is -2.19. The molecule has 7 nitrogen and oxygen atoms in total. The second kappa shape index (κ2) is 8.78. The van der Waals surface area contributed by atoms with Gasteiger partial charge >= 0.3 is 0 Å². The maximum Gasteiger partial charge on any atom is 0.229 e. The molecular weight excluding hydrogens is 445 g/mol. The Kier molecular flexibility index (Phi) is 6.05. The Labute approximate surface area is 187 Å². The van der Waals surface area contributed by atoms with Crippen molar-refractivity contribution in [1.82, 2.24) is 24.8 Å².